The fourth-order valence-electron chi connectivity index (χ4n) is 3.48. The number of likely N-dealkylation sites (tertiary alicyclic amines) is 1. The summed E-state index contributed by atoms with van der Waals surface area (Å²) in [6, 6.07) is 6.55. The van der Waals surface area contributed by atoms with Gasteiger partial charge in [-0.3, -0.25) is 4.79 Å². The van der Waals surface area contributed by atoms with Crippen molar-refractivity contribution in [1.82, 2.24) is 10.2 Å². The first-order valence-electron chi connectivity index (χ1n) is 8.06. The van der Waals surface area contributed by atoms with Gasteiger partial charge in [0.05, 0.1) is 12.1 Å². The van der Waals surface area contributed by atoms with Crippen molar-refractivity contribution in [3.05, 3.63) is 35.6 Å². The van der Waals surface area contributed by atoms with Crippen LogP contribution in [0.25, 0.3) is 0 Å². The zero-order chi connectivity index (χ0) is 15.5. The third kappa shape index (κ3) is 3.65. The average Bonchev–Trinajstić information content (AvgIpc) is 2.94. The summed E-state index contributed by atoms with van der Waals surface area (Å²) in [5.74, 6) is 0.435. The van der Waals surface area contributed by atoms with Gasteiger partial charge in [-0.05, 0) is 49.3 Å². The molecule has 0 unspecified atom stereocenters. The molecule has 0 aromatic heterocycles. The van der Waals surface area contributed by atoms with E-state index < -0.39 is 6.10 Å². The van der Waals surface area contributed by atoms with Gasteiger partial charge in [-0.15, -0.1) is 0 Å². The molecule has 0 spiro atoms. The van der Waals surface area contributed by atoms with Crippen LogP contribution in [-0.4, -0.2) is 47.7 Å². The minimum absolute atomic E-state index is 0.112. The standard InChI is InChI=1S/C17H23FN2O2/c18-14-3-1-2-13(9-14)8-12-4-6-20(7-5-12)17(22)16-10-15(21)11-19-16/h1-3,9,12,15-16,19,21H,4-8,10-11H2/t15-,16+/m1/s1. The molecule has 2 aliphatic rings. The Morgan fingerprint density at radius 2 is 2.14 bits per heavy atom. The van der Waals surface area contributed by atoms with Crippen molar-refractivity contribution in [1.29, 1.82) is 0 Å². The molecule has 2 fully saturated rings. The molecule has 2 aliphatic heterocycles. The van der Waals surface area contributed by atoms with Gasteiger partial charge in [-0.1, -0.05) is 12.1 Å². The molecule has 0 radical (unpaired) electrons. The van der Waals surface area contributed by atoms with Crippen LogP contribution in [0.4, 0.5) is 4.39 Å². The van der Waals surface area contributed by atoms with Gasteiger partial charge in [0.1, 0.15) is 5.82 Å². The Balaban J connectivity index is 1.49. The van der Waals surface area contributed by atoms with Crippen molar-refractivity contribution in [2.24, 2.45) is 5.92 Å². The minimum Gasteiger partial charge on any atom is -0.392 e. The van der Waals surface area contributed by atoms with Crippen molar-refractivity contribution in [3.8, 4) is 0 Å². The number of nitrogens with zero attached hydrogens (tertiary/aromatic N) is 1. The number of aliphatic hydroxyl groups is 1. The fourth-order valence-corrected chi connectivity index (χ4v) is 3.48. The molecule has 1 aromatic rings. The lowest BCUT2D eigenvalue weighted by atomic mass is 9.90. The first-order chi connectivity index (χ1) is 10.6. The first-order valence-corrected chi connectivity index (χ1v) is 8.06. The number of hydrogen-bond acceptors (Lipinski definition) is 3. The second-order valence-electron chi connectivity index (χ2n) is 6.45. The molecule has 2 N–H and O–H groups in total. The lowest BCUT2D eigenvalue weighted by Gasteiger charge is -2.33. The van der Waals surface area contributed by atoms with Crippen molar-refractivity contribution in [2.45, 2.75) is 37.8 Å². The van der Waals surface area contributed by atoms with E-state index in [0.29, 0.717) is 18.9 Å². The van der Waals surface area contributed by atoms with Crippen LogP contribution in [0.5, 0.6) is 0 Å². The monoisotopic (exact) mass is 306 g/mol. The summed E-state index contributed by atoms with van der Waals surface area (Å²) in [4.78, 5) is 14.3. The SMILES string of the molecule is O=C([C@@H]1C[C@@H](O)CN1)N1CCC(Cc2cccc(F)c2)CC1. The van der Waals surface area contributed by atoms with Crippen molar-refractivity contribution in [3.63, 3.8) is 0 Å². The average molecular weight is 306 g/mol. The van der Waals surface area contributed by atoms with Crippen LogP contribution in [0.2, 0.25) is 0 Å². The molecule has 2 atom stereocenters. The fraction of sp³-hybridized carbons (Fsp3) is 0.588. The van der Waals surface area contributed by atoms with E-state index in [9.17, 15) is 14.3 Å². The number of nitrogens with one attached hydrogen (secondary N) is 1. The molecule has 2 heterocycles. The number of aliphatic hydroxyl groups excluding tert-OH is 1. The highest BCUT2D eigenvalue weighted by atomic mass is 19.1. The smallest absolute Gasteiger partial charge is 0.239 e. The van der Waals surface area contributed by atoms with E-state index in [0.717, 1.165) is 37.9 Å². The molecular formula is C17H23FN2O2. The molecule has 0 aliphatic carbocycles. The van der Waals surface area contributed by atoms with Gasteiger partial charge in [0, 0.05) is 19.6 Å². The molecule has 22 heavy (non-hydrogen) atoms. The molecular weight excluding hydrogens is 283 g/mol. The van der Waals surface area contributed by atoms with Gasteiger partial charge >= 0.3 is 0 Å². The van der Waals surface area contributed by atoms with Gasteiger partial charge in [-0.2, -0.15) is 0 Å². The molecule has 2 saturated heterocycles. The van der Waals surface area contributed by atoms with Crippen LogP contribution >= 0.6 is 0 Å². The number of piperidine rings is 1. The molecule has 1 aromatic carbocycles. The number of carbonyl (C=O) groups excluding carboxylic acids is 1. The number of amides is 1. The number of rotatable bonds is 3. The lowest BCUT2D eigenvalue weighted by molar-refractivity contribution is -0.134. The Hall–Kier alpha value is -1.46. The number of hydrogen-bond donors (Lipinski definition) is 2. The normalized spacial score (nSPS) is 26.4. The van der Waals surface area contributed by atoms with E-state index in [1.54, 1.807) is 12.1 Å². The summed E-state index contributed by atoms with van der Waals surface area (Å²) in [5, 5.41) is 12.6. The van der Waals surface area contributed by atoms with E-state index in [1.165, 1.54) is 6.07 Å². The van der Waals surface area contributed by atoms with Crippen LogP contribution in [0.15, 0.2) is 24.3 Å². The number of halogens is 1. The van der Waals surface area contributed by atoms with Gasteiger partial charge in [0.15, 0.2) is 0 Å². The summed E-state index contributed by atoms with van der Waals surface area (Å²) >= 11 is 0. The third-order valence-corrected chi connectivity index (χ3v) is 4.75. The van der Waals surface area contributed by atoms with Crippen LogP contribution in [-0.2, 0) is 11.2 Å². The zero-order valence-corrected chi connectivity index (χ0v) is 12.7. The Morgan fingerprint density at radius 3 is 2.77 bits per heavy atom. The first kappa shape index (κ1) is 15.4. The topological polar surface area (TPSA) is 52.6 Å². The number of β-amino-alcohol motifs (C(OH)–C–C–N with tert-alkyl or cyclic N) is 1. The third-order valence-electron chi connectivity index (χ3n) is 4.75. The maximum Gasteiger partial charge on any atom is 0.239 e. The van der Waals surface area contributed by atoms with E-state index in [4.69, 9.17) is 0 Å². The highest BCUT2D eigenvalue weighted by Crippen LogP contribution is 2.23. The van der Waals surface area contributed by atoms with Crippen LogP contribution in [0.3, 0.4) is 0 Å². The van der Waals surface area contributed by atoms with Gasteiger partial charge in [-0.25, -0.2) is 4.39 Å². The van der Waals surface area contributed by atoms with Crippen LogP contribution < -0.4 is 5.32 Å². The molecule has 0 saturated carbocycles. The summed E-state index contributed by atoms with van der Waals surface area (Å²) in [5.41, 5.74) is 1.03. The van der Waals surface area contributed by atoms with Gasteiger partial charge in [0.25, 0.3) is 0 Å². The second kappa shape index (κ2) is 6.75. The zero-order valence-electron chi connectivity index (χ0n) is 12.7. The molecule has 1 amide bonds. The summed E-state index contributed by atoms with van der Waals surface area (Å²) in [6.07, 6.45) is 2.90. The van der Waals surface area contributed by atoms with Gasteiger partial charge in [0.2, 0.25) is 5.91 Å². The Bertz CT molecular complexity index is 529. The van der Waals surface area contributed by atoms with E-state index in [1.807, 2.05) is 11.0 Å². The molecule has 5 heteroatoms. The number of carbonyl (C=O) groups is 1. The molecule has 120 valence electrons. The minimum atomic E-state index is -0.403. The van der Waals surface area contributed by atoms with Crippen LogP contribution in [0, 0.1) is 11.7 Å². The Labute approximate surface area is 130 Å². The van der Waals surface area contributed by atoms with Crippen molar-refractivity contribution >= 4 is 5.91 Å². The Kier molecular flexibility index (Phi) is 4.74. The predicted octanol–water partition coefficient (Wildman–Crippen LogP) is 1.33. The quantitative estimate of drug-likeness (QED) is 0.886. The van der Waals surface area contributed by atoms with Crippen molar-refractivity contribution in [2.75, 3.05) is 19.6 Å². The Morgan fingerprint density at radius 1 is 1.36 bits per heavy atom. The summed E-state index contributed by atoms with van der Waals surface area (Å²) < 4.78 is 13.2. The molecule has 4 nitrogen and oxygen atoms in total. The van der Waals surface area contributed by atoms with E-state index in [-0.39, 0.29) is 17.8 Å². The predicted molar refractivity (Wildman–Crippen MR) is 81.8 cm³/mol. The van der Waals surface area contributed by atoms with Gasteiger partial charge < -0.3 is 15.3 Å². The van der Waals surface area contributed by atoms with Crippen molar-refractivity contribution < 1.29 is 14.3 Å². The summed E-state index contributed by atoms with van der Waals surface area (Å²) in [7, 11) is 0. The summed E-state index contributed by atoms with van der Waals surface area (Å²) in [6.45, 7) is 2.02. The molecule has 3 rings (SSSR count). The highest BCUT2D eigenvalue weighted by molar-refractivity contribution is 5.82. The number of benzene rings is 1. The molecule has 0 bridgehead atoms. The van der Waals surface area contributed by atoms with E-state index >= 15 is 0 Å². The highest BCUT2D eigenvalue weighted by Gasteiger charge is 2.33. The maximum absolute atomic E-state index is 13.2. The van der Waals surface area contributed by atoms with E-state index in [2.05, 4.69) is 5.32 Å². The lowest BCUT2D eigenvalue weighted by Crippen LogP contribution is -2.47. The largest absolute Gasteiger partial charge is 0.392 e. The maximum atomic E-state index is 13.2. The second-order valence-corrected chi connectivity index (χ2v) is 6.45. The van der Waals surface area contributed by atoms with Crippen LogP contribution in [0.1, 0.15) is 24.8 Å².